The van der Waals surface area contributed by atoms with Crippen LogP contribution in [0, 0.1) is 17.1 Å². The number of halogens is 2. The second kappa shape index (κ2) is 6.72. The molecule has 0 aliphatic heterocycles. The van der Waals surface area contributed by atoms with E-state index >= 15 is 0 Å². The van der Waals surface area contributed by atoms with E-state index in [4.69, 9.17) is 5.26 Å². The fourth-order valence-electron chi connectivity index (χ4n) is 2.26. The third kappa shape index (κ3) is 3.57. The lowest BCUT2D eigenvalue weighted by atomic mass is 9.97. The van der Waals surface area contributed by atoms with Crippen LogP contribution in [0.3, 0.4) is 0 Å². The van der Waals surface area contributed by atoms with Crippen LogP contribution in [0.25, 0.3) is 0 Å². The van der Waals surface area contributed by atoms with E-state index in [9.17, 15) is 4.39 Å². The molecule has 0 fully saturated rings. The molecule has 0 bridgehead atoms. The second-order valence-electron chi connectivity index (χ2n) is 4.69. The molecule has 0 amide bonds. The Morgan fingerprint density at radius 1 is 1.37 bits per heavy atom. The molecule has 0 saturated heterocycles. The highest BCUT2D eigenvalue weighted by Crippen LogP contribution is 2.27. The predicted molar refractivity (Wildman–Crippen MR) is 78.5 cm³/mol. The van der Waals surface area contributed by atoms with Crippen LogP contribution in [0.4, 0.5) is 10.1 Å². The molecule has 0 spiro atoms. The van der Waals surface area contributed by atoms with E-state index in [1.165, 1.54) is 31.3 Å². The first kappa shape index (κ1) is 14.1. The Hall–Kier alpha value is -1.34. The Morgan fingerprint density at radius 2 is 2.21 bits per heavy atom. The van der Waals surface area contributed by atoms with Gasteiger partial charge < -0.3 is 5.32 Å². The lowest BCUT2D eigenvalue weighted by Gasteiger charge is -2.14. The Morgan fingerprint density at radius 3 is 2.89 bits per heavy atom. The standard InChI is InChI=1S/C15H16BrFN2/c16-14-12(10-18)6-7-13(15(14)17)19-9-8-11-4-2-1-3-5-11/h4,6-7,19H,1-3,5,8-9H2. The summed E-state index contributed by atoms with van der Waals surface area (Å²) in [6.45, 7) is 0.723. The van der Waals surface area contributed by atoms with Crippen LogP contribution >= 0.6 is 15.9 Å². The normalized spacial score (nSPS) is 14.7. The van der Waals surface area contributed by atoms with Crippen molar-refractivity contribution in [2.45, 2.75) is 32.1 Å². The van der Waals surface area contributed by atoms with Gasteiger partial charge in [-0.3, -0.25) is 0 Å². The van der Waals surface area contributed by atoms with Crippen molar-refractivity contribution in [1.82, 2.24) is 0 Å². The Balaban J connectivity index is 1.95. The molecule has 1 aliphatic carbocycles. The molecule has 0 aromatic heterocycles. The fourth-order valence-corrected chi connectivity index (χ4v) is 2.70. The first-order valence-electron chi connectivity index (χ1n) is 6.52. The van der Waals surface area contributed by atoms with Gasteiger partial charge in [-0.05, 0) is 60.2 Å². The highest BCUT2D eigenvalue weighted by molar-refractivity contribution is 9.10. The molecule has 1 N–H and O–H groups in total. The van der Waals surface area contributed by atoms with E-state index in [2.05, 4.69) is 27.3 Å². The number of rotatable bonds is 4. The van der Waals surface area contributed by atoms with Gasteiger partial charge in [0, 0.05) is 6.54 Å². The average molecular weight is 323 g/mol. The van der Waals surface area contributed by atoms with Crippen LogP contribution in [-0.4, -0.2) is 6.54 Å². The maximum Gasteiger partial charge on any atom is 0.161 e. The summed E-state index contributed by atoms with van der Waals surface area (Å²) in [5.74, 6) is -0.392. The van der Waals surface area contributed by atoms with Crippen molar-refractivity contribution in [2.75, 3.05) is 11.9 Å². The van der Waals surface area contributed by atoms with Crippen molar-refractivity contribution < 1.29 is 4.39 Å². The maximum atomic E-state index is 13.9. The number of allylic oxidation sites excluding steroid dienone is 1. The van der Waals surface area contributed by atoms with Crippen LogP contribution in [0.2, 0.25) is 0 Å². The van der Waals surface area contributed by atoms with Crippen molar-refractivity contribution in [3.8, 4) is 6.07 Å². The lowest BCUT2D eigenvalue weighted by molar-refractivity contribution is 0.622. The number of nitriles is 1. The van der Waals surface area contributed by atoms with Crippen molar-refractivity contribution >= 4 is 21.6 Å². The molecular weight excluding hydrogens is 307 g/mol. The van der Waals surface area contributed by atoms with Gasteiger partial charge in [0.25, 0.3) is 0 Å². The van der Waals surface area contributed by atoms with Crippen LogP contribution in [0.15, 0.2) is 28.3 Å². The lowest BCUT2D eigenvalue weighted by Crippen LogP contribution is -2.06. The zero-order chi connectivity index (χ0) is 13.7. The van der Waals surface area contributed by atoms with E-state index in [1.807, 2.05) is 6.07 Å². The zero-order valence-corrected chi connectivity index (χ0v) is 12.3. The molecular formula is C15H16BrFN2. The summed E-state index contributed by atoms with van der Waals surface area (Å²) in [5.41, 5.74) is 2.23. The largest absolute Gasteiger partial charge is 0.382 e. The van der Waals surface area contributed by atoms with Gasteiger partial charge in [-0.25, -0.2) is 4.39 Å². The van der Waals surface area contributed by atoms with Gasteiger partial charge in [-0.1, -0.05) is 11.6 Å². The average Bonchev–Trinajstić information content (AvgIpc) is 2.45. The van der Waals surface area contributed by atoms with Crippen LogP contribution in [-0.2, 0) is 0 Å². The van der Waals surface area contributed by atoms with Gasteiger partial charge in [-0.15, -0.1) is 0 Å². The summed E-state index contributed by atoms with van der Waals surface area (Å²) in [6.07, 6.45) is 8.15. The minimum atomic E-state index is -0.392. The number of nitrogens with one attached hydrogen (secondary N) is 1. The molecule has 2 nitrogen and oxygen atoms in total. The monoisotopic (exact) mass is 322 g/mol. The van der Waals surface area contributed by atoms with Gasteiger partial charge >= 0.3 is 0 Å². The number of anilines is 1. The second-order valence-corrected chi connectivity index (χ2v) is 5.48. The van der Waals surface area contributed by atoms with Crippen LogP contribution in [0.5, 0.6) is 0 Å². The smallest absolute Gasteiger partial charge is 0.161 e. The quantitative estimate of drug-likeness (QED) is 0.811. The molecule has 1 aromatic rings. The predicted octanol–water partition coefficient (Wildman–Crippen LogP) is 4.76. The van der Waals surface area contributed by atoms with E-state index < -0.39 is 5.82 Å². The first-order valence-corrected chi connectivity index (χ1v) is 7.31. The summed E-state index contributed by atoms with van der Waals surface area (Å²) in [5, 5.41) is 11.9. The Labute approximate surface area is 121 Å². The van der Waals surface area contributed by atoms with Gasteiger partial charge in [0.05, 0.1) is 15.7 Å². The molecule has 100 valence electrons. The number of nitrogens with zero attached hydrogens (tertiary/aromatic N) is 1. The molecule has 0 unspecified atom stereocenters. The van der Waals surface area contributed by atoms with Gasteiger partial charge in [0.2, 0.25) is 0 Å². The number of hydrogen-bond acceptors (Lipinski definition) is 2. The summed E-state index contributed by atoms with van der Waals surface area (Å²) >= 11 is 3.11. The van der Waals surface area contributed by atoms with E-state index in [1.54, 1.807) is 12.1 Å². The molecule has 0 atom stereocenters. The highest BCUT2D eigenvalue weighted by atomic mass is 79.9. The maximum absolute atomic E-state index is 13.9. The minimum absolute atomic E-state index is 0.233. The summed E-state index contributed by atoms with van der Waals surface area (Å²) in [4.78, 5) is 0. The molecule has 1 aliphatic rings. The van der Waals surface area contributed by atoms with Crippen molar-refractivity contribution in [2.24, 2.45) is 0 Å². The third-order valence-electron chi connectivity index (χ3n) is 3.35. The van der Waals surface area contributed by atoms with Crippen molar-refractivity contribution in [3.05, 3.63) is 39.6 Å². The summed E-state index contributed by atoms with van der Waals surface area (Å²) < 4.78 is 14.2. The Bertz CT molecular complexity index is 532. The molecule has 1 aromatic carbocycles. The molecule has 19 heavy (non-hydrogen) atoms. The summed E-state index contributed by atoms with van der Waals surface area (Å²) in [6, 6.07) is 5.19. The molecule has 4 heteroatoms. The zero-order valence-electron chi connectivity index (χ0n) is 10.7. The van der Waals surface area contributed by atoms with E-state index in [0.29, 0.717) is 11.3 Å². The SMILES string of the molecule is N#Cc1ccc(NCCC2=CCCCC2)c(F)c1Br. The highest BCUT2D eigenvalue weighted by Gasteiger charge is 2.11. The van der Waals surface area contributed by atoms with Gasteiger partial charge in [0.15, 0.2) is 5.82 Å². The molecule has 0 saturated carbocycles. The first-order chi connectivity index (χ1) is 9.22. The molecule has 2 rings (SSSR count). The van der Waals surface area contributed by atoms with E-state index in [0.717, 1.165) is 13.0 Å². The molecule has 0 radical (unpaired) electrons. The van der Waals surface area contributed by atoms with Crippen molar-refractivity contribution in [3.63, 3.8) is 0 Å². The minimum Gasteiger partial charge on any atom is -0.382 e. The van der Waals surface area contributed by atoms with Gasteiger partial charge in [0.1, 0.15) is 6.07 Å². The van der Waals surface area contributed by atoms with Crippen LogP contribution < -0.4 is 5.32 Å². The topological polar surface area (TPSA) is 35.8 Å². The molecule has 0 heterocycles. The number of benzene rings is 1. The Kier molecular flexibility index (Phi) is 4.98. The fraction of sp³-hybridized carbons (Fsp3) is 0.400. The summed E-state index contributed by atoms with van der Waals surface area (Å²) in [7, 11) is 0. The van der Waals surface area contributed by atoms with E-state index in [-0.39, 0.29) is 4.47 Å². The van der Waals surface area contributed by atoms with Crippen molar-refractivity contribution in [1.29, 1.82) is 5.26 Å². The number of hydrogen-bond donors (Lipinski definition) is 1. The van der Waals surface area contributed by atoms with Crippen LogP contribution in [0.1, 0.15) is 37.7 Å². The van der Waals surface area contributed by atoms with Gasteiger partial charge in [-0.2, -0.15) is 5.26 Å². The third-order valence-corrected chi connectivity index (χ3v) is 4.12.